The zero-order valence-corrected chi connectivity index (χ0v) is 33.0. The van der Waals surface area contributed by atoms with Crippen molar-refractivity contribution in [2.24, 2.45) is 5.73 Å². The molecule has 278 valence electrons. The molecule has 0 saturated heterocycles. The van der Waals surface area contributed by atoms with E-state index < -0.39 is 8.32 Å². The fourth-order valence-corrected chi connectivity index (χ4v) is 12.0. The molecule has 11 heteroatoms. The lowest BCUT2D eigenvalue weighted by molar-refractivity contribution is -0.548. The Hall–Kier alpha value is -4.29. The summed E-state index contributed by atoms with van der Waals surface area (Å²) in [6.07, 6.45) is 5.34. The van der Waals surface area contributed by atoms with E-state index in [1.165, 1.54) is 46.8 Å². The smallest absolute Gasteiger partial charge is 0.261 e. The molecule has 2 aliphatic rings. The van der Waals surface area contributed by atoms with Crippen LogP contribution in [-0.2, 0) is 10.8 Å². The number of hydrogen-bond donors (Lipinski definition) is 2. The average Bonchev–Trinajstić information content (AvgIpc) is 3.84. The van der Waals surface area contributed by atoms with Crippen molar-refractivity contribution < 1.29 is 44.7 Å². The lowest BCUT2D eigenvalue weighted by atomic mass is 10.1. The summed E-state index contributed by atoms with van der Waals surface area (Å²) >= 11 is 0. The number of imidazole rings is 1. The van der Waals surface area contributed by atoms with Gasteiger partial charge in [-0.15, -0.1) is 0 Å². The molecule has 4 aromatic carbocycles. The fourth-order valence-electron chi connectivity index (χ4n) is 7.42. The number of nitrogens with zero attached hydrogens (tertiary/aromatic N) is 3. The van der Waals surface area contributed by atoms with Crippen molar-refractivity contribution in [3.63, 3.8) is 0 Å². The summed E-state index contributed by atoms with van der Waals surface area (Å²) < 4.78 is 37.2. The number of aliphatic hydroxyl groups excluding tert-OH is 1. The third-order valence-corrected chi connectivity index (χ3v) is 15.2. The minimum atomic E-state index is -2.68. The van der Waals surface area contributed by atoms with E-state index in [9.17, 15) is 18.7 Å². The highest BCUT2D eigenvalue weighted by Crippen LogP contribution is 2.37. The summed E-state index contributed by atoms with van der Waals surface area (Å²) in [6.45, 7) is 7.54. The molecule has 3 N–H and O–H groups in total. The molecule has 0 amide bonds. The summed E-state index contributed by atoms with van der Waals surface area (Å²) in [6, 6.07) is 33.2. The molecule has 3 heterocycles. The highest BCUT2D eigenvalue weighted by molar-refractivity contribution is 6.99. The molecule has 0 spiro atoms. The normalized spacial score (nSPS) is 16.8. The highest BCUT2D eigenvalue weighted by Gasteiger charge is 2.51. The predicted molar refractivity (Wildman–Crippen MR) is 204 cm³/mol. The number of amidine groups is 1. The molecular formula is C42H47BrF2N4O3Si. The van der Waals surface area contributed by atoms with E-state index in [0.717, 1.165) is 42.8 Å². The second-order valence-corrected chi connectivity index (χ2v) is 18.9. The van der Waals surface area contributed by atoms with E-state index in [-0.39, 0.29) is 64.7 Å². The van der Waals surface area contributed by atoms with Gasteiger partial charge in [0.05, 0.1) is 31.4 Å². The molecule has 1 aromatic heterocycles. The van der Waals surface area contributed by atoms with Gasteiger partial charge in [-0.3, -0.25) is 15.1 Å². The van der Waals surface area contributed by atoms with Crippen LogP contribution in [0.4, 0.5) is 8.78 Å². The molecule has 7 nitrogen and oxygen atoms in total. The maximum atomic E-state index is 13.3. The number of aromatic nitrogens is 2. The summed E-state index contributed by atoms with van der Waals surface area (Å²) in [7, 11) is -2.68. The predicted octanol–water partition coefficient (Wildman–Crippen LogP) is 3.29. The van der Waals surface area contributed by atoms with E-state index in [1.54, 1.807) is 12.1 Å². The summed E-state index contributed by atoms with van der Waals surface area (Å²) in [5, 5.41) is 11.6. The van der Waals surface area contributed by atoms with E-state index in [4.69, 9.17) is 10.2 Å². The number of hydrogen-bond acceptors (Lipinski definition) is 5. The standard InChI is InChI=1S/C29H33FN2O2Si.C13H13FN2O.BrH/c1-29(2,3)35(25-10-6-4-7-11-25,26-12-8-5-9-13-26)34-21-24-18-19-28(31)32(24)20-27(33)22-14-16-23(30)17-15-22;14-10-3-1-9(2-4-10)12-7-16-11(8-17)5-6-13(16)15-12;/h4-17,24,31H,18-21H2,1-3H3;1-4,7,11,17H,5-6,8H2;1H/t24-;11-;/m11./s1. The Bertz CT molecular complexity index is 1960. The van der Waals surface area contributed by atoms with Crippen molar-refractivity contribution in [2.75, 3.05) is 19.8 Å². The Morgan fingerprint density at radius 3 is 2.00 bits per heavy atom. The molecule has 0 radical (unpaired) electrons. The quantitative estimate of drug-likeness (QED) is 0.129. The van der Waals surface area contributed by atoms with Gasteiger partial charge in [0.15, 0.2) is 0 Å². The lowest BCUT2D eigenvalue weighted by Gasteiger charge is -2.43. The molecule has 0 saturated carbocycles. The van der Waals surface area contributed by atoms with E-state index >= 15 is 0 Å². The molecule has 5 aromatic rings. The number of ketones is 1. The van der Waals surface area contributed by atoms with Crippen LogP contribution in [0.3, 0.4) is 0 Å². The molecular weight excluding hydrogens is 754 g/mol. The van der Waals surface area contributed by atoms with Gasteiger partial charge in [0.25, 0.3) is 8.32 Å². The van der Waals surface area contributed by atoms with Gasteiger partial charge in [-0.1, -0.05) is 81.4 Å². The number of rotatable bonds is 10. The Kier molecular flexibility index (Phi) is 13.0. The maximum Gasteiger partial charge on any atom is 0.261 e. The van der Waals surface area contributed by atoms with Crippen LogP contribution < -0.4 is 33.1 Å². The number of carbonyl (C=O) groups is 1. The highest BCUT2D eigenvalue weighted by atomic mass is 79.9. The molecule has 7 rings (SSSR count). The zero-order chi connectivity index (χ0) is 36.9. The summed E-state index contributed by atoms with van der Waals surface area (Å²) in [5.74, 6) is 1.03. The third kappa shape index (κ3) is 8.75. The Labute approximate surface area is 322 Å². The molecule has 0 fully saturated rings. The first-order valence-electron chi connectivity index (χ1n) is 17.9. The van der Waals surface area contributed by atoms with Gasteiger partial charge in [0.1, 0.15) is 30.0 Å². The summed E-state index contributed by atoms with van der Waals surface area (Å²) in [5.41, 5.74) is 8.59. The Morgan fingerprint density at radius 2 is 1.45 bits per heavy atom. The number of fused-ring (bicyclic) bond motifs is 1. The van der Waals surface area contributed by atoms with Gasteiger partial charge in [-0.25, -0.2) is 13.8 Å². The van der Waals surface area contributed by atoms with Crippen LogP contribution in [0.2, 0.25) is 5.04 Å². The maximum absolute atomic E-state index is 13.3. The minimum Gasteiger partial charge on any atom is -1.00 e. The number of aliphatic hydroxyl groups is 1. The van der Waals surface area contributed by atoms with Gasteiger partial charge in [0.2, 0.25) is 11.6 Å². The second kappa shape index (κ2) is 17.2. The van der Waals surface area contributed by atoms with Crippen LogP contribution in [-0.4, -0.2) is 65.0 Å². The van der Waals surface area contributed by atoms with Crippen molar-refractivity contribution in [2.45, 2.75) is 63.6 Å². The fraction of sp³-hybridized carbons (Fsp3) is 0.310. The van der Waals surface area contributed by atoms with E-state index in [0.29, 0.717) is 18.0 Å². The second-order valence-electron chi connectivity index (χ2n) is 14.5. The number of carbonyl (C=O) groups excluding carboxylic acids is 1. The van der Waals surface area contributed by atoms with Gasteiger partial charge < -0.3 is 31.1 Å². The topological polar surface area (TPSA) is 93.4 Å². The first-order chi connectivity index (χ1) is 25.0. The van der Waals surface area contributed by atoms with Gasteiger partial charge in [0, 0.05) is 30.2 Å². The van der Waals surface area contributed by atoms with Crippen LogP contribution in [0.1, 0.15) is 62.3 Å². The van der Waals surface area contributed by atoms with Crippen molar-refractivity contribution in [1.29, 1.82) is 0 Å². The van der Waals surface area contributed by atoms with Crippen molar-refractivity contribution in [1.82, 2.24) is 9.55 Å². The third-order valence-electron chi connectivity index (χ3n) is 10.2. The van der Waals surface area contributed by atoms with Crippen LogP contribution >= 0.6 is 0 Å². The number of Topliss-reactive ketones (excluding diaryl/α,β-unsaturated/α-hetero) is 1. The molecule has 2 aliphatic heterocycles. The van der Waals surface area contributed by atoms with E-state index in [1.807, 2.05) is 27.5 Å². The van der Waals surface area contributed by atoms with Crippen molar-refractivity contribution in [3.8, 4) is 11.3 Å². The first kappa shape index (κ1) is 39.9. The average molecular weight is 802 g/mol. The van der Waals surface area contributed by atoms with Crippen LogP contribution in [0.5, 0.6) is 0 Å². The van der Waals surface area contributed by atoms with Gasteiger partial charge in [-0.2, -0.15) is 0 Å². The lowest BCUT2D eigenvalue weighted by Crippen LogP contribution is -3.00. The van der Waals surface area contributed by atoms with Crippen LogP contribution in [0.25, 0.3) is 11.3 Å². The Morgan fingerprint density at radius 1 is 0.887 bits per heavy atom. The van der Waals surface area contributed by atoms with Crippen molar-refractivity contribution in [3.05, 3.63) is 138 Å². The monoisotopic (exact) mass is 800 g/mol. The first-order valence-corrected chi connectivity index (χ1v) is 19.8. The number of aryl methyl sites for hydroxylation is 1. The minimum absolute atomic E-state index is 0. The molecule has 2 atom stereocenters. The van der Waals surface area contributed by atoms with Gasteiger partial charge in [-0.05, 0) is 70.4 Å². The van der Waals surface area contributed by atoms with Crippen LogP contribution in [0.15, 0.2) is 115 Å². The summed E-state index contributed by atoms with van der Waals surface area (Å²) in [4.78, 5) is 17.5. The number of benzene rings is 4. The number of halogens is 3. The SMILES string of the molecule is CC(C)(C)[Si](OC[C@H]1CCC(N)=[N+]1CC(=O)c1ccc(F)cc1)(c1ccccc1)c1ccccc1.OC[C@H]1CCc2nc(-c3ccc(F)cc3)cn21.[Br-]. The van der Waals surface area contributed by atoms with E-state index in [2.05, 4.69) is 74.3 Å². The van der Waals surface area contributed by atoms with Crippen LogP contribution in [0, 0.1) is 11.6 Å². The molecule has 53 heavy (non-hydrogen) atoms. The molecule has 0 bridgehead atoms. The largest absolute Gasteiger partial charge is 1.00 e. The molecule has 0 unspecified atom stereocenters. The molecule has 0 aliphatic carbocycles. The van der Waals surface area contributed by atoms with Crippen molar-refractivity contribution >= 4 is 30.3 Å². The zero-order valence-electron chi connectivity index (χ0n) is 30.4. The Balaban J connectivity index is 0.000000251. The van der Waals surface area contributed by atoms with Gasteiger partial charge >= 0.3 is 0 Å². The number of nitrogens with two attached hydrogens (primary N) is 1.